The van der Waals surface area contributed by atoms with Gasteiger partial charge >= 0.3 is 10.4 Å². The van der Waals surface area contributed by atoms with E-state index in [4.69, 9.17) is 17.5 Å². The molecule has 0 fully saturated rings. The second kappa shape index (κ2) is 14.6. The van der Waals surface area contributed by atoms with Crippen LogP contribution in [0.3, 0.4) is 0 Å². The van der Waals surface area contributed by atoms with Crippen molar-refractivity contribution in [2.75, 3.05) is 0 Å². The van der Waals surface area contributed by atoms with Crippen molar-refractivity contribution in [2.45, 2.75) is 77.6 Å². The van der Waals surface area contributed by atoms with E-state index in [9.17, 15) is 0 Å². The van der Waals surface area contributed by atoms with E-state index < -0.39 is 10.4 Å². The molecule has 1 rings (SSSR count). The first-order chi connectivity index (χ1) is 10.9. The summed E-state index contributed by atoms with van der Waals surface area (Å²) in [6.45, 7) is 2.28. The zero-order chi connectivity index (χ0) is 17.4. The molecule has 0 spiro atoms. The molecule has 23 heavy (non-hydrogen) atoms. The Balaban J connectivity index is 0.000000841. The topological polar surface area (TPSA) is 87.5 Å². The number of nitrogens with zero attached hydrogens (tertiary/aromatic N) is 1. The third-order valence-corrected chi connectivity index (χ3v) is 3.51. The highest BCUT2D eigenvalue weighted by Gasteiger charge is 1.95. The predicted octanol–water partition coefficient (Wildman–Crippen LogP) is 4.89. The van der Waals surface area contributed by atoms with Crippen molar-refractivity contribution in [3.63, 3.8) is 0 Å². The minimum atomic E-state index is -4.67. The maximum atomic E-state index is 8.74. The Labute approximate surface area is 141 Å². The Morgan fingerprint density at radius 3 is 1.78 bits per heavy atom. The summed E-state index contributed by atoms with van der Waals surface area (Å²) in [4.78, 5) is 4.35. The summed E-state index contributed by atoms with van der Waals surface area (Å²) in [6, 6.07) is 6.20. The number of unbranched alkanes of at least 4 members (excludes halogenated alkanes) is 9. The summed E-state index contributed by atoms with van der Waals surface area (Å²) in [7, 11) is -4.67. The Kier molecular flexibility index (Phi) is 14.0. The molecule has 0 saturated heterocycles. The molecule has 0 aliphatic heterocycles. The third-order valence-electron chi connectivity index (χ3n) is 3.51. The van der Waals surface area contributed by atoms with Gasteiger partial charge < -0.3 is 0 Å². The molecule has 0 amide bonds. The molecule has 1 heterocycles. The molecular weight excluding hydrogens is 314 g/mol. The molecule has 0 aliphatic rings. The van der Waals surface area contributed by atoms with Crippen LogP contribution >= 0.6 is 0 Å². The SMILES string of the molecule is CCCCCCCCCCCCc1ccccn1.O=S(=O)(O)O. The Morgan fingerprint density at radius 2 is 1.35 bits per heavy atom. The lowest BCUT2D eigenvalue weighted by Crippen LogP contribution is -1.89. The highest BCUT2D eigenvalue weighted by Crippen LogP contribution is 2.11. The molecule has 2 N–H and O–H groups in total. The van der Waals surface area contributed by atoms with E-state index in [0.717, 1.165) is 6.42 Å². The van der Waals surface area contributed by atoms with Gasteiger partial charge in [-0.2, -0.15) is 8.42 Å². The molecule has 0 aliphatic carbocycles. The first-order valence-corrected chi connectivity index (χ1v) is 9.93. The van der Waals surface area contributed by atoms with Gasteiger partial charge in [-0.25, -0.2) is 0 Å². The Bertz CT molecular complexity index is 455. The zero-order valence-electron chi connectivity index (χ0n) is 14.2. The highest BCUT2D eigenvalue weighted by molar-refractivity contribution is 7.79. The summed E-state index contributed by atoms with van der Waals surface area (Å²) in [5, 5.41) is 0. The van der Waals surface area contributed by atoms with Crippen molar-refractivity contribution < 1.29 is 17.5 Å². The van der Waals surface area contributed by atoms with E-state index in [1.807, 2.05) is 12.3 Å². The van der Waals surface area contributed by atoms with Crippen LogP contribution in [0.2, 0.25) is 0 Å². The zero-order valence-corrected chi connectivity index (χ0v) is 15.0. The van der Waals surface area contributed by atoms with Crippen LogP contribution in [0.25, 0.3) is 0 Å². The lowest BCUT2D eigenvalue weighted by molar-refractivity contribution is 0.381. The van der Waals surface area contributed by atoms with Crippen LogP contribution in [0.1, 0.15) is 76.8 Å². The fourth-order valence-electron chi connectivity index (χ4n) is 2.34. The molecule has 0 radical (unpaired) electrons. The summed E-state index contributed by atoms with van der Waals surface area (Å²) < 4.78 is 31.6. The van der Waals surface area contributed by atoms with Gasteiger partial charge in [-0.1, -0.05) is 70.8 Å². The van der Waals surface area contributed by atoms with E-state index in [1.54, 1.807) is 0 Å². The van der Waals surface area contributed by atoms with Crippen molar-refractivity contribution in [1.29, 1.82) is 0 Å². The maximum absolute atomic E-state index is 8.74. The summed E-state index contributed by atoms with van der Waals surface area (Å²) in [6.07, 6.45) is 17.1. The van der Waals surface area contributed by atoms with Gasteiger partial charge in [-0.15, -0.1) is 0 Å². The van der Waals surface area contributed by atoms with E-state index in [0.29, 0.717) is 0 Å². The van der Waals surface area contributed by atoms with E-state index >= 15 is 0 Å². The number of aromatic nitrogens is 1. The van der Waals surface area contributed by atoms with Crippen LogP contribution < -0.4 is 0 Å². The van der Waals surface area contributed by atoms with Gasteiger partial charge in [0.1, 0.15) is 0 Å². The number of hydrogen-bond donors (Lipinski definition) is 2. The standard InChI is InChI=1S/C17H29N.H2O4S/c1-2-3-4-5-6-7-8-9-10-11-14-17-15-12-13-16-18-17;1-5(2,3)4/h12-13,15-16H,2-11,14H2,1H3;(H2,1,2,3,4). The van der Waals surface area contributed by atoms with Crippen LogP contribution in [0.5, 0.6) is 0 Å². The molecule has 0 aromatic carbocycles. The van der Waals surface area contributed by atoms with E-state index in [1.165, 1.54) is 69.9 Å². The predicted molar refractivity (Wildman–Crippen MR) is 94.0 cm³/mol. The van der Waals surface area contributed by atoms with Gasteiger partial charge in [0.2, 0.25) is 0 Å². The van der Waals surface area contributed by atoms with Crippen molar-refractivity contribution >= 4 is 10.4 Å². The van der Waals surface area contributed by atoms with Gasteiger partial charge in [0.05, 0.1) is 0 Å². The van der Waals surface area contributed by atoms with Crippen LogP contribution in [0.4, 0.5) is 0 Å². The number of rotatable bonds is 11. The number of aryl methyl sites for hydroxylation is 1. The van der Waals surface area contributed by atoms with Crippen LogP contribution in [0.15, 0.2) is 24.4 Å². The molecule has 0 bridgehead atoms. The maximum Gasteiger partial charge on any atom is 0.394 e. The third kappa shape index (κ3) is 21.0. The van der Waals surface area contributed by atoms with Gasteiger partial charge in [0.15, 0.2) is 0 Å². The minimum Gasteiger partial charge on any atom is -0.264 e. The average Bonchev–Trinajstić information content (AvgIpc) is 2.48. The summed E-state index contributed by atoms with van der Waals surface area (Å²) in [5.41, 5.74) is 1.25. The Hall–Kier alpha value is -0.980. The van der Waals surface area contributed by atoms with Crippen molar-refractivity contribution in [2.24, 2.45) is 0 Å². The van der Waals surface area contributed by atoms with Crippen LogP contribution in [-0.4, -0.2) is 22.5 Å². The van der Waals surface area contributed by atoms with Gasteiger partial charge in [-0.05, 0) is 25.0 Å². The van der Waals surface area contributed by atoms with E-state index in [-0.39, 0.29) is 0 Å². The first kappa shape index (κ1) is 22.0. The van der Waals surface area contributed by atoms with Gasteiger partial charge in [0.25, 0.3) is 0 Å². The van der Waals surface area contributed by atoms with Crippen LogP contribution in [-0.2, 0) is 16.8 Å². The quantitative estimate of drug-likeness (QED) is 0.440. The lowest BCUT2D eigenvalue weighted by atomic mass is 10.1. The largest absolute Gasteiger partial charge is 0.394 e. The monoisotopic (exact) mass is 345 g/mol. The number of hydrogen-bond acceptors (Lipinski definition) is 3. The molecule has 134 valence electrons. The molecule has 1 aromatic heterocycles. The smallest absolute Gasteiger partial charge is 0.264 e. The van der Waals surface area contributed by atoms with Crippen molar-refractivity contribution in [3.05, 3.63) is 30.1 Å². The fraction of sp³-hybridized carbons (Fsp3) is 0.706. The van der Waals surface area contributed by atoms with Gasteiger partial charge in [0, 0.05) is 11.9 Å². The van der Waals surface area contributed by atoms with E-state index in [2.05, 4.69) is 24.0 Å². The molecule has 0 saturated carbocycles. The molecule has 6 heteroatoms. The highest BCUT2D eigenvalue weighted by atomic mass is 32.3. The average molecular weight is 346 g/mol. The molecule has 0 unspecified atom stereocenters. The summed E-state index contributed by atoms with van der Waals surface area (Å²) >= 11 is 0. The fourth-order valence-corrected chi connectivity index (χ4v) is 2.34. The second-order valence-corrected chi connectivity index (χ2v) is 6.60. The normalized spacial score (nSPS) is 10.9. The molecular formula is C17H31NO4S. The summed E-state index contributed by atoms with van der Waals surface area (Å²) in [5.74, 6) is 0. The molecule has 0 atom stereocenters. The number of pyridine rings is 1. The Morgan fingerprint density at radius 1 is 0.870 bits per heavy atom. The molecule has 1 aromatic rings. The van der Waals surface area contributed by atoms with Crippen molar-refractivity contribution in [1.82, 2.24) is 4.98 Å². The lowest BCUT2D eigenvalue weighted by Gasteiger charge is -2.02. The van der Waals surface area contributed by atoms with Crippen LogP contribution in [0, 0.1) is 0 Å². The molecule has 5 nitrogen and oxygen atoms in total. The minimum absolute atomic E-state index is 1.15. The van der Waals surface area contributed by atoms with Gasteiger partial charge in [-0.3, -0.25) is 14.1 Å². The second-order valence-electron chi connectivity index (χ2n) is 5.70. The van der Waals surface area contributed by atoms with Crippen molar-refractivity contribution in [3.8, 4) is 0 Å². The first-order valence-electron chi connectivity index (χ1n) is 8.53.